The van der Waals surface area contributed by atoms with Crippen molar-refractivity contribution in [3.05, 3.63) is 53.8 Å². The number of hydrogen-bond donors (Lipinski definition) is 1. The maximum atomic E-state index is 13.8. The lowest BCUT2D eigenvalue weighted by Crippen LogP contribution is -2.17. The van der Waals surface area contributed by atoms with Gasteiger partial charge in [-0.2, -0.15) is 0 Å². The minimum atomic E-state index is -4.75. The summed E-state index contributed by atoms with van der Waals surface area (Å²) in [6.07, 6.45) is -4.75. The Hall–Kier alpha value is -2.08. The molecule has 0 saturated heterocycles. The van der Waals surface area contributed by atoms with Gasteiger partial charge in [-0.1, -0.05) is 24.3 Å². The molecule has 2 aromatic carbocycles. The highest BCUT2D eigenvalue weighted by molar-refractivity contribution is 5.65. The van der Waals surface area contributed by atoms with E-state index in [1.165, 1.54) is 24.3 Å². The number of hydrogen-bond acceptors (Lipinski definition) is 2. The molecule has 0 amide bonds. The highest BCUT2D eigenvalue weighted by Crippen LogP contribution is 2.28. The first kappa shape index (κ1) is 15.3. The summed E-state index contributed by atoms with van der Waals surface area (Å²) in [5, 5.41) is 2.83. The Balaban J connectivity index is 2.30. The molecule has 21 heavy (non-hydrogen) atoms. The summed E-state index contributed by atoms with van der Waals surface area (Å²) >= 11 is 0. The van der Waals surface area contributed by atoms with E-state index in [2.05, 4.69) is 10.1 Å². The number of nitrogens with one attached hydrogen (secondary N) is 1. The van der Waals surface area contributed by atoms with Gasteiger partial charge in [-0.05, 0) is 36.4 Å². The predicted octanol–water partition coefficient (Wildman–Crippen LogP) is 4.11. The van der Waals surface area contributed by atoms with E-state index < -0.39 is 12.2 Å². The maximum Gasteiger partial charge on any atom is 0.573 e. The molecule has 0 bridgehead atoms. The molecule has 0 atom stereocenters. The van der Waals surface area contributed by atoms with E-state index in [4.69, 9.17) is 0 Å². The molecule has 0 aromatic heterocycles. The first-order valence-electron chi connectivity index (χ1n) is 6.18. The van der Waals surface area contributed by atoms with Crippen LogP contribution in [0.25, 0.3) is 11.1 Å². The molecule has 1 N–H and O–H groups in total. The van der Waals surface area contributed by atoms with Crippen LogP contribution in [-0.2, 0) is 6.54 Å². The van der Waals surface area contributed by atoms with Crippen LogP contribution in [0.2, 0.25) is 0 Å². The van der Waals surface area contributed by atoms with Crippen LogP contribution in [-0.4, -0.2) is 13.4 Å². The van der Waals surface area contributed by atoms with E-state index in [1.54, 1.807) is 25.2 Å². The zero-order valence-corrected chi connectivity index (χ0v) is 11.2. The van der Waals surface area contributed by atoms with Crippen molar-refractivity contribution in [2.45, 2.75) is 12.9 Å². The van der Waals surface area contributed by atoms with Crippen molar-refractivity contribution in [3.63, 3.8) is 0 Å². The molecule has 0 aliphatic rings. The summed E-state index contributed by atoms with van der Waals surface area (Å²) in [7, 11) is 1.70. The van der Waals surface area contributed by atoms with Crippen molar-refractivity contribution in [1.82, 2.24) is 5.32 Å². The lowest BCUT2D eigenvalue weighted by Gasteiger charge is -2.11. The van der Waals surface area contributed by atoms with Gasteiger partial charge in [0.05, 0.1) is 0 Å². The summed E-state index contributed by atoms with van der Waals surface area (Å²) in [5.41, 5.74) is 1.43. The van der Waals surface area contributed by atoms with Gasteiger partial charge in [-0.25, -0.2) is 4.39 Å². The van der Waals surface area contributed by atoms with Gasteiger partial charge in [0.2, 0.25) is 0 Å². The fourth-order valence-corrected chi connectivity index (χ4v) is 1.93. The topological polar surface area (TPSA) is 21.3 Å². The molecule has 2 nitrogen and oxygen atoms in total. The average molecular weight is 299 g/mol. The Bertz CT molecular complexity index is 625. The van der Waals surface area contributed by atoms with Gasteiger partial charge in [0.25, 0.3) is 0 Å². The summed E-state index contributed by atoms with van der Waals surface area (Å²) in [6, 6.07) is 9.98. The van der Waals surface area contributed by atoms with Gasteiger partial charge in [-0.3, -0.25) is 0 Å². The van der Waals surface area contributed by atoms with Gasteiger partial charge < -0.3 is 10.1 Å². The molecule has 6 heteroatoms. The van der Waals surface area contributed by atoms with Crippen molar-refractivity contribution in [3.8, 4) is 16.9 Å². The molecule has 0 aliphatic carbocycles. The zero-order valence-electron chi connectivity index (χ0n) is 11.2. The first-order valence-corrected chi connectivity index (χ1v) is 6.18. The molecule has 112 valence electrons. The average Bonchev–Trinajstić information content (AvgIpc) is 2.39. The SMILES string of the molecule is CNCc1ccc(-c2cccc(OC(F)(F)F)c2)cc1F. The van der Waals surface area contributed by atoms with Crippen LogP contribution in [0, 0.1) is 5.82 Å². The number of rotatable bonds is 4. The quantitative estimate of drug-likeness (QED) is 0.858. The summed E-state index contributed by atoms with van der Waals surface area (Å²) < 4.78 is 54.3. The van der Waals surface area contributed by atoms with E-state index in [1.807, 2.05) is 0 Å². The third-order valence-corrected chi connectivity index (χ3v) is 2.82. The van der Waals surface area contributed by atoms with Gasteiger partial charge in [0.1, 0.15) is 11.6 Å². The minimum Gasteiger partial charge on any atom is -0.406 e. The Morgan fingerprint density at radius 2 is 1.76 bits per heavy atom. The molecule has 2 rings (SSSR count). The van der Waals surface area contributed by atoms with E-state index in [9.17, 15) is 17.6 Å². The summed E-state index contributed by atoms with van der Waals surface area (Å²) in [4.78, 5) is 0. The van der Waals surface area contributed by atoms with E-state index in [0.717, 1.165) is 0 Å². The molecule has 0 radical (unpaired) electrons. The highest BCUT2D eigenvalue weighted by Gasteiger charge is 2.31. The van der Waals surface area contributed by atoms with E-state index in [0.29, 0.717) is 23.2 Å². The van der Waals surface area contributed by atoms with Gasteiger partial charge in [0.15, 0.2) is 0 Å². The standard InChI is InChI=1S/C15H13F4NO/c1-20-9-12-6-5-11(8-14(12)16)10-3-2-4-13(7-10)21-15(17,18)19/h2-8,20H,9H2,1H3. The molecule has 0 heterocycles. The Kier molecular flexibility index (Phi) is 4.47. The predicted molar refractivity (Wildman–Crippen MR) is 71.3 cm³/mol. The monoisotopic (exact) mass is 299 g/mol. The number of halogens is 4. The molecule has 0 fully saturated rings. The second-order valence-electron chi connectivity index (χ2n) is 4.41. The van der Waals surface area contributed by atoms with Crippen LogP contribution in [0.15, 0.2) is 42.5 Å². The van der Waals surface area contributed by atoms with Crippen molar-refractivity contribution >= 4 is 0 Å². The van der Waals surface area contributed by atoms with Crippen LogP contribution in [0.3, 0.4) is 0 Å². The largest absolute Gasteiger partial charge is 0.573 e. The Morgan fingerprint density at radius 1 is 1.05 bits per heavy atom. The molecule has 0 unspecified atom stereocenters. The molecule has 2 aromatic rings. The normalized spacial score (nSPS) is 11.5. The minimum absolute atomic E-state index is 0.334. The lowest BCUT2D eigenvalue weighted by molar-refractivity contribution is -0.274. The number of ether oxygens (including phenoxy) is 1. The lowest BCUT2D eigenvalue weighted by atomic mass is 10.0. The van der Waals surface area contributed by atoms with Crippen molar-refractivity contribution in [2.24, 2.45) is 0 Å². The second-order valence-corrected chi connectivity index (χ2v) is 4.41. The third-order valence-electron chi connectivity index (χ3n) is 2.82. The molecular weight excluding hydrogens is 286 g/mol. The zero-order chi connectivity index (χ0) is 15.5. The molecule has 0 spiro atoms. The fourth-order valence-electron chi connectivity index (χ4n) is 1.93. The van der Waals surface area contributed by atoms with E-state index >= 15 is 0 Å². The van der Waals surface area contributed by atoms with Crippen molar-refractivity contribution < 1.29 is 22.3 Å². The number of alkyl halides is 3. The Labute approximate surface area is 119 Å². The van der Waals surface area contributed by atoms with Crippen LogP contribution in [0.4, 0.5) is 17.6 Å². The van der Waals surface area contributed by atoms with Crippen LogP contribution < -0.4 is 10.1 Å². The summed E-state index contributed by atoms with van der Waals surface area (Å²) in [5.74, 6) is -0.747. The molecule has 0 aliphatic heterocycles. The van der Waals surface area contributed by atoms with Crippen molar-refractivity contribution in [2.75, 3.05) is 7.05 Å². The van der Waals surface area contributed by atoms with Crippen LogP contribution in [0.1, 0.15) is 5.56 Å². The van der Waals surface area contributed by atoms with E-state index in [-0.39, 0.29) is 5.75 Å². The van der Waals surface area contributed by atoms with Crippen molar-refractivity contribution in [1.29, 1.82) is 0 Å². The van der Waals surface area contributed by atoms with Crippen LogP contribution >= 0.6 is 0 Å². The Morgan fingerprint density at radius 3 is 2.38 bits per heavy atom. The van der Waals surface area contributed by atoms with Gasteiger partial charge in [0, 0.05) is 12.1 Å². The fraction of sp³-hybridized carbons (Fsp3) is 0.200. The third kappa shape index (κ3) is 4.19. The highest BCUT2D eigenvalue weighted by atomic mass is 19.4. The molecule has 0 saturated carbocycles. The first-order chi connectivity index (χ1) is 9.89. The number of benzene rings is 2. The van der Waals surface area contributed by atoms with Crippen LogP contribution in [0.5, 0.6) is 5.75 Å². The molecular formula is C15H13F4NO. The van der Waals surface area contributed by atoms with Gasteiger partial charge in [-0.15, -0.1) is 13.2 Å². The maximum absolute atomic E-state index is 13.8. The van der Waals surface area contributed by atoms with Gasteiger partial charge >= 0.3 is 6.36 Å². The second kappa shape index (κ2) is 6.13. The smallest absolute Gasteiger partial charge is 0.406 e. The summed E-state index contributed by atoms with van der Waals surface area (Å²) in [6.45, 7) is 0.378.